The molecule has 1 N–H and O–H groups in total. The van der Waals surface area contributed by atoms with Gasteiger partial charge in [0.1, 0.15) is 12.1 Å². The molecule has 0 radical (unpaired) electrons. The second kappa shape index (κ2) is 5.78. The maximum absolute atomic E-state index is 4.68. The van der Waals surface area contributed by atoms with Crippen LogP contribution >= 0.6 is 0 Å². The van der Waals surface area contributed by atoms with Crippen LogP contribution in [-0.2, 0) is 6.54 Å². The van der Waals surface area contributed by atoms with Crippen molar-refractivity contribution in [1.82, 2.24) is 19.9 Å². The highest BCUT2D eigenvalue weighted by Gasteiger charge is 2.07. The van der Waals surface area contributed by atoms with Crippen molar-refractivity contribution < 1.29 is 0 Å². The summed E-state index contributed by atoms with van der Waals surface area (Å²) in [6.07, 6.45) is 5.47. The van der Waals surface area contributed by atoms with Crippen molar-refractivity contribution in [3.8, 4) is 5.82 Å². The smallest absolute Gasteiger partial charge is 0.138 e. The third-order valence-corrected chi connectivity index (χ3v) is 2.83. The Hall–Kier alpha value is -1.68. The normalized spacial score (nSPS) is 11.1. The van der Waals surface area contributed by atoms with Crippen LogP contribution in [0.5, 0.6) is 0 Å². The van der Waals surface area contributed by atoms with Crippen LogP contribution in [-0.4, -0.2) is 21.1 Å². The molecule has 2 aromatic rings. The van der Waals surface area contributed by atoms with E-state index in [4.69, 9.17) is 0 Å². The van der Waals surface area contributed by atoms with Gasteiger partial charge < -0.3 is 5.32 Å². The zero-order chi connectivity index (χ0) is 13.0. The summed E-state index contributed by atoms with van der Waals surface area (Å²) in [5, 5.41) is 3.35. The van der Waals surface area contributed by atoms with Crippen LogP contribution in [0.2, 0.25) is 0 Å². The number of nitrogens with zero attached hydrogens (tertiary/aromatic N) is 3. The average molecular weight is 244 g/mol. The molecule has 0 bridgehead atoms. The first-order chi connectivity index (χ1) is 8.70. The van der Waals surface area contributed by atoms with Crippen molar-refractivity contribution >= 4 is 0 Å². The molecule has 2 aromatic heterocycles. The molecule has 0 saturated carbocycles. The van der Waals surface area contributed by atoms with E-state index in [-0.39, 0.29) is 0 Å². The number of aromatic nitrogens is 3. The van der Waals surface area contributed by atoms with Crippen molar-refractivity contribution in [3.05, 3.63) is 42.1 Å². The van der Waals surface area contributed by atoms with Crippen molar-refractivity contribution in [2.45, 2.75) is 33.2 Å². The predicted octanol–water partition coefficient (Wildman–Crippen LogP) is 2.50. The van der Waals surface area contributed by atoms with Crippen LogP contribution < -0.4 is 5.32 Å². The van der Waals surface area contributed by atoms with Gasteiger partial charge in [0.15, 0.2) is 0 Å². The number of imidazole rings is 1. The van der Waals surface area contributed by atoms with E-state index >= 15 is 0 Å². The minimum Gasteiger partial charge on any atom is -0.313 e. The lowest BCUT2D eigenvalue weighted by atomic mass is 10.1. The van der Waals surface area contributed by atoms with Gasteiger partial charge >= 0.3 is 0 Å². The molecule has 0 unspecified atom stereocenters. The molecule has 0 spiro atoms. The number of rotatable bonds is 5. The van der Waals surface area contributed by atoms with E-state index in [2.05, 4.69) is 48.2 Å². The molecule has 18 heavy (non-hydrogen) atoms. The highest BCUT2D eigenvalue weighted by molar-refractivity contribution is 5.32. The Morgan fingerprint density at radius 2 is 2.17 bits per heavy atom. The van der Waals surface area contributed by atoms with Gasteiger partial charge in [-0.1, -0.05) is 20.8 Å². The largest absolute Gasteiger partial charge is 0.313 e. The predicted molar refractivity (Wildman–Crippen MR) is 72.8 cm³/mol. The Morgan fingerprint density at radius 1 is 1.33 bits per heavy atom. The van der Waals surface area contributed by atoms with Crippen LogP contribution in [0.15, 0.2) is 30.9 Å². The molecule has 0 saturated heterocycles. The molecule has 0 aliphatic heterocycles. The molecular formula is C14H20N4. The topological polar surface area (TPSA) is 42.7 Å². The van der Waals surface area contributed by atoms with Gasteiger partial charge in [0.2, 0.25) is 0 Å². The number of pyridine rings is 1. The van der Waals surface area contributed by atoms with Crippen LogP contribution in [0.1, 0.15) is 37.9 Å². The van der Waals surface area contributed by atoms with E-state index in [1.54, 1.807) is 12.5 Å². The maximum atomic E-state index is 4.68. The molecule has 0 amide bonds. The quantitative estimate of drug-likeness (QED) is 0.878. The monoisotopic (exact) mass is 244 g/mol. The fourth-order valence-electron chi connectivity index (χ4n) is 1.79. The molecule has 4 heteroatoms. The molecule has 4 nitrogen and oxygen atoms in total. The summed E-state index contributed by atoms with van der Waals surface area (Å²) >= 11 is 0. The van der Waals surface area contributed by atoms with E-state index in [0.29, 0.717) is 5.92 Å². The van der Waals surface area contributed by atoms with Gasteiger partial charge in [-0.3, -0.25) is 4.57 Å². The number of nitrogens with one attached hydrogen (secondary N) is 1. The Kier molecular flexibility index (Phi) is 4.10. The molecule has 0 fully saturated rings. The minimum atomic E-state index is 0.425. The maximum Gasteiger partial charge on any atom is 0.138 e. The van der Waals surface area contributed by atoms with Gasteiger partial charge in [-0.25, -0.2) is 9.97 Å². The van der Waals surface area contributed by atoms with Crippen LogP contribution in [0.3, 0.4) is 0 Å². The molecule has 0 aliphatic rings. The fourth-order valence-corrected chi connectivity index (χ4v) is 1.79. The highest BCUT2D eigenvalue weighted by atomic mass is 15.1. The molecule has 0 aliphatic carbocycles. The van der Waals surface area contributed by atoms with Gasteiger partial charge in [0.05, 0.1) is 0 Å². The molecule has 2 rings (SSSR count). The summed E-state index contributed by atoms with van der Waals surface area (Å²) in [4.78, 5) is 8.75. The van der Waals surface area contributed by atoms with Crippen molar-refractivity contribution in [2.75, 3.05) is 6.54 Å². The molecule has 0 aromatic carbocycles. The first-order valence-electron chi connectivity index (χ1n) is 6.40. The zero-order valence-electron chi connectivity index (χ0n) is 11.2. The first-order valence-corrected chi connectivity index (χ1v) is 6.40. The van der Waals surface area contributed by atoms with Gasteiger partial charge in [-0.15, -0.1) is 0 Å². The van der Waals surface area contributed by atoms with Crippen LogP contribution in [0.25, 0.3) is 5.82 Å². The summed E-state index contributed by atoms with van der Waals surface area (Å²) in [6, 6.07) is 4.28. The second-order valence-corrected chi connectivity index (χ2v) is 4.66. The van der Waals surface area contributed by atoms with Crippen molar-refractivity contribution in [3.63, 3.8) is 0 Å². The Bertz CT molecular complexity index is 489. The van der Waals surface area contributed by atoms with E-state index in [0.717, 1.165) is 24.6 Å². The standard InChI is InChI=1S/C14H20N4/c1-4-15-9-12-7-13(11(2)3)17-14(8-12)18-6-5-16-10-18/h5-8,10-11,15H,4,9H2,1-3H3. The van der Waals surface area contributed by atoms with E-state index in [1.807, 2.05) is 10.8 Å². The van der Waals surface area contributed by atoms with Crippen molar-refractivity contribution in [2.24, 2.45) is 0 Å². The molecular weight excluding hydrogens is 224 g/mol. The van der Waals surface area contributed by atoms with Gasteiger partial charge in [-0.2, -0.15) is 0 Å². The van der Waals surface area contributed by atoms with Gasteiger partial charge in [0, 0.05) is 24.6 Å². The summed E-state index contributed by atoms with van der Waals surface area (Å²) in [5.41, 5.74) is 2.38. The Labute approximate surface area is 108 Å². The minimum absolute atomic E-state index is 0.425. The number of hydrogen-bond acceptors (Lipinski definition) is 3. The molecule has 2 heterocycles. The van der Waals surface area contributed by atoms with Crippen LogP contribution in [0.4, 0.5) is 0 Å². The second-order valence-electron chi connectivity index (χ2n) is 4.66. The zero-order valence-corrected chi connectivity index (χ0v) is 11.2. The third kappa shape index (κ3) is 2.96. The Morgan fingerprint density at radius 3 is 2.78 bits per heavy atom. The van der Waals surface area contributed by atoms with Crippen LogP contribution in [0, 0.1) is 0 Å². The summed E-state index contributed by atoms with van der Waals surface area (Å²) in [6.45, 7) is 8.29. The lowest BCUT2D eigenvalue weighted by molar-refractivity contribution is 0.718. The van der Waals surface area contributed by atoms with Gasteiger partial charge in [-0.05, 0) is 30.2 Å². The van der Waals surface area contributed by atoms with E-state index in [9.17, 15) is 0 Å². The lowest BCUT2D eigenvalue weighted by Crippen LogP contribution is -2.13. The molecule has 96 valence electrons. The van der Waals surface area contributed by atoms with E-state index < -0.39 is 0 Å². The first kappa shape index (κ1) is 12.8. The SMILES string of the molecule is CCNCc1cc(C(C)C)nc(-n2ccnc2)c1. The summed E-state index contributed by atoms with van der Waals surface area (Å²) < 4.78 is 1.95. The lowest BCUT2D eigenvalue weighted by Gasteiger charge is -2.11. The summed E-state index contributed by atoms with van der Waals surface area (Å²) in [5.74, 6) is 1.36. The van der Waals surface area contributed by atoms with E-state index in [1.165, 1.54) is 5.56 Å². The third-order valence-electron chi connectivity index (χ3n) is 2.83. The Balaban J connectivity index is 2.36. The average Bonchev–Trinajstić information content (AvgIpc) is 2.89. The fraction of sp³-hybridized carbons (Fsp3) is 0.429. The van der Waals surface area contributed by atoms with Gasteiger partial charge in [0.25, 0.3) is 0 Å². The van der Waals surface area contributed by atoms with Crippen molar-refractivity contribution in [1.29, 1.82) is 0 Å². The molecule has 0 atom stereocenters. The highest BCUT2D eigenvalue weighted by Crippen LogP contribution is 2.17. The summed E-state index contributed by atoms with van der Waals surface area (Å²) in [7, 11) is 0. The number of hydrogen-bond donors (Lipinski definition) is 1.